The summed E-state index contributed by atoms with van der Waals surface area (Å²) in [5.74, 6) is 0.963. The van der Waals surface area contributed by atoms with Gasteiger partial charge in [0.2, 0.25) is 0 Å². The van der Waals surface area contributed by atoms with Gasteiger partial charge in [0.1, 0.15) is 0 Å². The number of thiol groups is 1. The molecule has 1 aliphatic heterocycles. The van der Waals surface area contributed by atoms with E-state index >= 15 is 0 Å². The van der Waals surface area contributed by atoms with Crippen molar-refractivity contribution in [1.82, 2.24) is 0 Å². The van der Waals surface area contributed by atoms with Crippen LogP contribution < -0.4 is 5.32 Å². The van der Waals surface area contributed by atoms with Gasteiger partial charge < -0.3 is 5.32 Å². The van der Waals surface area contributed by atoms with Crippen molar-refractivity contribution in [2.45, 2.75) is 6.92 Å². The summed E-state index contributed by atoms with van der Waals surface area (Å²) in [7, 11) is 0. The Morgan fingerprint density at radius 1 is 1.37 bits per heavy atom. The SMILES string of the molecule is C=C(S)Nc1ccc(C)cc1C(=C)C1=CC=CSC1. The lowest BCUT2D eigenvalue weighted by atomic mass is 9.97. The summed E-state index contributed by atoms with van der Waals surface area (Å²) >= 11 is 6.00. The molecule has 3 heteroatoms. The van der Waals surface area contributed by atoms with Gasteiger partial charge in [0, 0.05) is 17.0 Å². The molecule has 0 atom stereocenters. The quantitative estimate of drug-likeness (QED) is 0.755. The van der Waals surface area contributed by atoms with Gasteiger partial charge in [0.15, 0.2) is 0 Å². The van der Waals surface area contributed by atoms with Crippen LogP contribution in [0.1, 0.15) is 11.1 Å². The molecule has 2 rings (SSSR count). The molecule has 0 spiro atoms. The lowest BCUT2D eigenvalue weighted by molar-refractivity contribution is 1.41. The molecular weight excluding hydrogens is 270 g/mol. The number of allylic oxidation sites excluding steroid dienone is 3. The van der Waals surface area contributed by atoms with Crippen LogP contribution in [0, 0.1) is 6.92 Å². The number of rotatable bonds is 4. The minimum atomic E-state index is 0.629. The predicted molar refractivity (Wildman–Crippen MR) is 91.6 cm³/mol. The molecule has 0 saturated heterocycles. The minimum Gasteiger partial charge on any atom is -0.350 e. The van der Waals surface area contributed by atoms with Gasteiger partial charge in [-0.25, -0.2) is 0 Å². The first kappa shape index (κ1) is 14.1. The number of benzene rings is 1. The summed E-state index contributed by atoms with van der Waals surface area (Å²) in [5, 5.41) is 5.91. The van der Waals surface area contributed by atoms with Crippen molar-refractivity contribution < 1.29 is 0 Å². The van der Waals surface area contributed by atoms with E-state index in [0.29, 0.717) is 5.03 Å². The lowest BCUT2D eigenvalue weighted by Gasteiger charge is -2.17. The fraction of sp³-hybridized carbons (Fsp3) is 0.125. The molecule has 0 fully saturated rings. The van der Waals surface area contributed by atoms with Crippen molar-refractivity contribution >= 4 is 35.7 Å². The summed E-state index contributed by atoms with van der Waals surface area (Å²) in [6.45, 7) is 10.1. The van der Waals surface area contributed by atoms with E-state index in [2.05, 4.69) is 67.7 Å². The standard InChI is InChI=1S/C16H17NS2/c1-11-6-7-16(17-13(3)18)15(9-11)12(2)14-5-4-8-19-10-14/h4-9,17-18H,2-3,10H2,1H3. The molecule has 98 valence electrons. The van der Waals surface area contributed by atoms with Crippen LogP contribution in [0.5, 0.6) is 0 Å². The molecule has 0 saturated carbocycles. The maximum absolute atomic E-state index is 4.25. The molecule has 1 nitrogen and oxygen atoms in total. The first-order chi connectivity index (χ1) is 9.08. The predicted octanol–water partition coefficient (Wildman–Crippen LogP) is 5.01. The van der Waals surface area contributed by atoms with Crippen LogP contribution in [0.25, 0.3) is 5.57 Å². The number of anilines is 1. The van der Waals surface area contributed by atoms with E-state index in [9.17, 15) is 0 Å². The van der Waals surface area contributed by atoms with Gasteiger partial charge in [0.25, 0.3) is 0 Å². The smallest absolute Gasteiger partial charge is 0.0621 e. The zero-order chi connectivity index (χ0) is 13.8. The summed E-state index contributed by atoms with van der Waals surface area (Å²) in [6.07, 6.45) is 4.19. The number of hydrogen-bond acceptors (Lipinski definition) is 3. The zero-order valence-electron chi connectivity index (χ0n) is 10.9. The number of aryl methyl sites for hydroxylation is 1. The van der Waals surface area contributed by atoms with Crippen molar-refractivity contribution in [3.8, 4) is 0 Å². The van der Waals surface area contributed by atoms with Crippen LogP contribution in [0.15, 0.2) is 59.5 Å². The fourth-order valence-corrected chi connectivity index (χ4v) is 2.79. The van der Waals surface area contributed by atoms with Crippen molar-refractivity contribution in [3.63, 3.8) is 0 Å². The Morgan fingerprint density at radius 3 is 2.79 bits per heavy atom. The largest absolute Gasteiger partial charge is 0.350 e. The summed E-state index contributed by atoms with van der Waals surface area (Å²) < 4.78 is 0. The average Bonchev–Trinajstić information content (AvgIpc) is 2.40. The molecule has 1 aromatic rings. The molecule has 1 N–H and O–H groups in total. The highest BCUT2D eigenvalue weighted by Crippen LogP contribution is 2.33. The van der Waals surface area contributed by atoms with Crippen LogP contribution in [0.2, 0.25) is 0 Å². The van der Waals surface area contributed by atoms with Gasteiger partial charge in [-0.1, -0.05) is 36.9 Å². The van der Waals surface area contributed by atoms with Crippen molar-refractivity contribution in [2.75, 3.05) is 11.1 Å². The second kappa shape index (κ2) is 6.22. The number of hydrogen-bond donors (Lipinski definition) is 2. The van der Waals surface area contributed by atoms with Gasteiger partial charge in [0.05, 0.1) is 5.03 Å². The van der Waals surface area contributed by atoms with Crippen molar-refractivity contribution in [3.05, 3.63) is 70.6 Å². The molecule has 0 aromatic heterocycles. The van der Waals surface area contributed by atoms with Gasteiger partial charge in [-0.3, -0.25) is 0 Å². The molecule has 1 aliphatic rings. The van der Waals surface area contributed by atoms with Crippen molar-refractivity contribution in [2.24, 2.45) is 0 Å². The molecule has 0 amide bonds. The van der Waals surface area contributed by atoms with Gasteiger partial charge >= 0.3 is 0 Å². The van der Waals surface area contributed by atoms with Crippen LogP contribution in [0.3, 0.4) is 0 Å². The highest BCUT2D eigenvalue weighted by Gasteiger charge is 2.11. The van der Waals surface area contributed by atoms with Gasteiger partial charge in [-0.05, 0) is 35.6 Å². The molecule has 0 bridgehead atoms. The van der Waals surface area contributed by atoms with Crippen LogP contribution in [-0.4, -0.2) is 5.75 Å². The van der Waals surface area contributed by atoms with E-state index in [-0.39, 0.29) is 0 Å². The molecule has 19 heavy (non-hydrogen) atoms. The molecule has 0 unspecified atom stereocenters. The number of thioether (sulfide) groups is 1. The Kier molecular flexibility index (Phi) is 4.61. The Morgan fingerprint density at radius 2 is 2.16 bits per heavy atom. The third-order valence-corrected chi connectivity index (χ3v) is 3.82. The number of nitrogens with one attached hydrogen (secondary N) is 1. The van der Waals surface area contributed by atoms with Crippen LogP contribution in [-0.2, 0) is 0 Å². The van der Waals surface area contributed by atoms with E-state index in [4.69, 9.17) is 0 Å². The molecule has 0 radical (unpaired) electrons. The van der Waals surface area contributed by atoms with Gasteiger partial charge in [-0.2, -0.15) is 0 Å². The topological polar surface area (TPSA) is 12.0 Å². The van der Waals surface area contributed by atoms with Crippen LogP contribution >= 0.6 is 24.4 Å². The maximum Gasteiger partial charge on any atom is 0.0621 e. The highest BCUT2D eigenvalue weighted by molar-refractivity contribution is 8.02. The maximum atomic E-state index is 4.25. The summed E-state index contributed by atoms with van der Waals surface area (Å²) in [6, 6.07) is 6.26. The average molecular weight is 287 g/mol. The Balaban J connectivity index is 2.39. The Bertz CT molecular complexity index is 582. The van der Waals surface area contributed by atoms with Crippen LogP contribution in [0.4, 0.5) is 5.69 Å². The summed E-state index contributed by atoms with van der Waals surface area (Å²) in [5.41, 5.74) is 5.63. The second-order valence-corrected chi connectivity index (χ2v) is 5.86. The lowest BCUT2D eigenvalue weighted by Crippen LogP contribution is -2.00. The van der Waals surface area contributed by atoms with E-state index in [1.807, 2.05) is 6.07 Å². The first-order valence-electron chi connectivity index (χ1n) is 6.00. The van der Waals surface area contributed by atoms with E-state index in [1.165, 1.54) is 11.1 Å². The van der Waals surface area contributed by atoms with E-state index in [0.717, 1.165) is 22.6 Å². The minimum absolute atomic E-state index is 0.629. The first-order valence-corrected chi connectivity index (χ1v) is 7.50. The van der Waals surface area contributed by atoms with Crippen molar-refractivity contribution in [1.29, 1.82) is 0 Å². The third kappa shape index (κ3) is 3.58. The van der Waals surface area contributed by atoms with E-state index < -0.39 is 0 Å². The molecule has 1 heterocycles. The fourth-order valence-electron chi connectivity index (χ4n) is 1.93. The van der Waals surface area contributed by atoms with Gasteiger partial charge in [-0.15, -0.1) is 24.4 Å². The third-order valence-electron chi connectivity index (χ3n) is 2.88. The second-order valence-electron chi connectivity index (χ2n) is 4.43. The molecular formula is C16H17NS2. The monoisotopic (exact) mass is 287 g/mol. The zero-order valence-corrected chi connectivity index (χ0v) is 12.7. The summed E-state index contributed by atoms with van der Waals surface area (Å²) in [4.78, 5) is 0. The Labute approximate surface area is 124 Å². The highest BCUT2D eigenvalue weighted by atomic mass is 32.2. The molecule has 1 aromatic carbocycles. The normalized spacial score (nSPS) is 13.9. The molecule has 0 aliphatic carbocycles. The Hall–Kier alpha value is -1.32. The van der Waals surface area contributed by atoms with E-state index in [1.54, 1.807) is 11.8 Å².